The average molecular weight is 425 g/mol. The van der Waals surface area contributed by atoms with Crippen molar-refractivity contribution in [1.82, 2.24) is 5.32 Å². The van der Waals surface area contributed by atoms with E-state index >= 15 is 0 Å². The number of benzene rings is 3. The molecule has 1 aliphatic rings. The maximum absolute atomic E-state index is 12.6. The summed E-state index contributed by atoms with van der Waals surface area (Å²) in [5.74, 6) is 0.678. The van der Waals surface area contributed by atoms with Crippen LogP contribution >= 0.6 is 0 Å². The van der Waals surface area contributed by atoms with E-state index in [4.69, 9.17) is 9.02 Å². The summed E-state index contributed by atoms with van der Waals surface area (Å²) in [4.78, 5) is 0.0607. The molecule has 0 saturated heterocycles. The summed E-state index contributed by atoms with van der Waals surface area (Å²) >= 11 is 0. The fourth-order valence-corrected chi connectivity index (χ4v) is 4.10. The number of oxime groups is 1. The first kappa shape index (κ1) is 20.4. The monoisotopic (exact) mass is 424 g/mol. The van der Waals surface area contributed by atoms with Gasteiger partial charge >= 0.3 is 10.1 Å². The van der Waals surface area contributed by atoms with Crippen molar-refractivity contribution in [2.24, 2.45) is 5.16 Å². The zero-order valence-corrected chi connectivity index (χ0v) is 17.8. The van der Waals surface area contributed by atoms with Crippen LogP contribution in [0.3, 0.4) is 0 Å². The van der Waals surface area contributed by atoms with Gasteiger partial charge in [0, 0.05) is 10.9 Å². The van der Waals surface area contributed by atoms with Crippen molar-refractivity contribution < 1.29 is 17.4 Å². The number of hydrogen-bond acceptors (Lipinski definition) is 6. The smallest absolute Gasteiger partial charge is 0.358 e. The zero-order valence-electron chi connectivity index (χ0n) is 17.0. The Hall–Kier alpha value is -2.90. The number of hydrogen-bond donors (Lipinski definition) is 1. The first-order valence-corrected chi connectivity index (χ1v) is 11.4. The van der Waals surface area contributed by atoms with E-state index in [0.717, 1.165) is 41.3 Å². The third-order valence-electron chi connectivity index (χ3n) is 5.04. The standard InChI is InChI=1S/C23H24N2O4S/c1-3-4-15-24-23-21(25-29-30(26,27)18-12-9-16(2)10-13-18)20-14-11-17-7-5-6-8-19(17)22(20)28-23/h5-14,23-24H,3-4,15H2,1-2H3/b25-21-. The summed E-state index contributed by atoms with van der Waals surface area (Å²) in [7, 11) is -4.03. The highest BCUT2D eigenvalue weighted by atomic mass is 32.2. The first-order valence-electron chi connectivity index (χ1n) is 10.00. The van der Waals surface area contributed by atoms with Crippen molar-refractivity contribution in [3.63, 3.8) is 0 Å². The van der Waals surface area contributed by atoms with E-state index in [2.05, 4.69) is 17.4 Å². The van der Waals surface area contributed by atoms with Gasteiger partial charge < -0.3 is 4.74 Å². The van der Waals surface area contributed by atoms with Crippen LogP contribution in [0, 0.1) is 6.92 Å². The molecule has 1 unspecified atom stereocenters. The van der Waals surface area contributed by atoms with Gasteiger partial charge in [-0.1, -0.05) is 66.5 Å². The maximum atomic E-state index is 12.6. The number of ether oxygens (including phenoxy) is 1. The Kier molecular flexibility index (Phi) is 5.74. The molecular weight excluding hydrogens is 400 g/mol. The summed E-state index contributed by atoms with van der Waals surface area (Å²) < 4.78 is 36.4. The Morgan fingerprint density at radius 1 is 1.07 bits per heavy atom. The maximum Gasteiger partial charge on any atom is 0.358 e. The fourth-order valence-electron chi connectivity index (χ4n) is 3.37. The lowest BCUT2D eigenvalue weighted by molar-refractivity contribution is 0.239. The lowest BCUT2D eigenvalue weighted by Gasteiger charge is -2.13. The summed E-state index contributed by atoms with van der Waals surface area (Å²) in [6.45, 7) is 4.71. The number of nitrogens with zero attached hydrogens (tertiary/aromatic N) is 1. The molecule has 156 valence electrons. The molecule has 0 aromatic heterocycles. The van der Waals surface area contributed by atoms with Crippen LogP contribution in [0.25, 0.3) is 10.8 Å². The van der Waals surface area contributed by atoms with Gasteiger partial charge in [-0.15, -0.1) is 0 Å². The van der Waals surface area contributed by atoms with Crippen molar-refractivity contribution >= 4 is 26.6 Å². The molecular formula is C23H24N2O4S. The number of fused-ring (bicyclic) bond motifs is 3. The molecule has 1 N–H and O–H groups in total. The van der Waals surface area contributed by atoms with Gasteiger partial charge in [0.25, 0.3) is 0 Å². The molecule has 3 aromatic carbocycles. The van der Waals surface area contributed by atoms with E-state index in [-0.39, 0.29) is 4.90 Å². The number of aryl methyl sites for hydroxylation is 1. The molecule has 0 bridgehead atoms. The third kappa shape index (κ3) is 4.04. The Balaban J connectivity index is 1.69. The molecule has 0 saturated carbocycles. The Morgan fingerprint density at radius 2 is 1.83 bits per heavy atom. The molecule has 30 heavy (non-hydrogen) atoms. The van der Waals surface area contributed by atoms with Crippen molar-refractivity contribution in [3.05, 3.63) is 71.8 Å². The van der Waals surface area contributed by atoms with Crippen LogP contribution in [0.15, 0.2) is 70.7 Å². The van der Waals surface area contributed by atoms with Crippen LogP contribution in [0.1, 0.15) is 30.9 Å². The van der Waals surface area contributed by atoms with E-state index in [0.29, 0.717) is 11.5 Å². The van der Waals surface area contributed by atoms with Crippen molar-refractivity contribution in [2.45, 2.75) is 37.8 Å². The van der Waals surface area contributed by atoms with E-state index in [1.165, 1.54) is 12.1 Å². The number of rotatable bonds is 7. The van der Waals surface area contributed by atoms with Crippen molar-refractivity contribution in [2.75, 3.05) is 6.54 Å². The Morgan fingerprint density at radius 3 is 2.60 bits per heavy atom. The molecule has 7 heteroatoms. The minimum absolute atomic E-state index is 0.0607. The zero-order chi connectivity index (χ0) is 21.1. The van der Waals surface area contributed by atoms with Crippen LogP contribution < -0.4 is 10.1 Å². The molecule has 3 aromatic rings. The molecule has 1 heterocycles. The van der Waals surface area contributed by atoms with Gasteiger partial charge in [-0.3, -0.25) is 9.60 Å². The van der Waals surface area contributed by atoms with Crippen molar-refractivity contribution in [3.8, 4) is 5.75 Å². The molecule has 1 aliphatic heterocycles. The van der Waals surface area contributed by atoms with Crippen LogP contribution in [0.5, 0.6) is 5.75 Å². The summed E-state index contributed by atoms with van der Waals surface area (Å²) in [6, 6.07) is 18.2. The lowest BCUT2D eigenvalue weighted by Crippen LogP contribution is -2.38. The molecule has 0 fully saturated rings. The van der Waals surface area contributed by atoms with Gasteiger partial charge in [0.2, 0.25) is 0 Å². The third-order valence-corrected chi connectivity index (χ3v) is 6.16. The molecule has 0 radical (unpaired) electrons. The van der Waals surface area contributed by atoms with Gasteiger partial charge in [0.15, 0.2) is 6.23 Å². The number of unbranched alkanes of at least 4 members (excludes halogenated alkanes) is 1. The predicted octanol–water partition coefficient (Wildman–Crippen LogP) is 4.37. The van der Waals surface area contributed by atoms with Crippen LogP contribution in [-0.4, -0.2) is 26.9 Å². The molecule has 6 nitrogen and oxygen atoms in total. The summed E-state index contributed by atoms with van der Waals surface area (Å²) in [5, 5.41) is 9.33. The normalized spacial score (nSPS) is 17.1. The van der Waals surface area contributed by atoms with Gasteiger partial charge in [0.1, 0.15) is 16.4 Å². The molecule has 4 rings (SSSR count). The summed E-state index contributed by atoms with van der Waals surface area (Å²) in [5.41, 5.74) is 2.11. The average Bonchev–Trinajstić information content (AvgIpc) is 3.11. The van der Waals surface area contributed by atoms with Gasteiger partial charge in [0.05, 0.1) is 0 Å². The second kappa shape index (κ2) is 8.45. The lowest BCUT2D eigenvalue weighted by atomic mass is 10.0. The van der Waals surface area contributed by atoms with Gasteiger partial charge in [-0.2, -0.15) is 8.42 Å². The highest BCUT2D eigenvalue weighted by molar-refractivity contribution is 7.86. The van der Waals surface area contributed by atoms with E-state index in [1.54, 1.807) is 12.1 Å². The van der Waals surface area contributed by atoms with E-state index < -0.39 is 16.3 Å². The SMILES string of the molecule is CCCCNC1Oc2c(ccc3ccccc23)/C1=N/OS(=O)(=O)c1ccc(C)cc1. The molecule has 0 amide bonds. The first-order chi connectivity index (χ1) is 14.5. The Bertz CT molecular complexity index is 1190. The topological polar surface area (TPSA) is 77.0 Å². The van der Waals surface area contributed by atoms with E-state index in [9.17, 15) is 8.42 Å². The van der Waals surface area contributed by atoms with Gasteiger partial charge in [-0.05, 0) is 43.5 Å². The van der Waals surface area contributed by atoms with Crippen LogP contribution in [-0.2, 0) is 14.4 Å². The minimum Gasteiger partial charge on any atom is -0.468 e. The fraction of sp³-hybridized carbons (Fsp3) is 0.261. The van der Waals surface area contributed by atoms with Crippen LogP contribution in [0.4, 0.5) is 0 Å². The van der Waals surface area contributed by atoms with Gasteiger partial charge in [-0.25, -0.2) is 0 Å². The molecule has 0 spiro atoms. The molecule has 1 atom stereocenters. The predicted molar refractivity (Wildman–Crippen MR) is 117 cm³/mol. The minimum atomic E-state index is -4.03. The molecule has 0 aliphatic carbocycles. The summed E-state index contributed by atoms with van der Waals surface area (Å²) in [6.07, 6.45) is 1.42. The quantitative estimate of drug-likeness (QED) is 0.450. The number of nitrogens with one attached hydrogen (secondary N) is 1. The Labute approximate surface area is 176 Å². The van der Waals surface area contributed by atoms with Crippen molar-refractivity contribution in [1.29, 1.82) is 0 Å². The highest BCUT2D eigenvalue weighted by Gasteiger charge is 2.33. The van der Waals surface area contributed by atoms with E-state index in [1.807, 2.05) is 43.3 Å². The second-order valence-corrected chi connectivity index (χ2v) is 8.82. The van der Waals surface area contributed by atoms with Crippen LogP contribution in [0.2, 0.25) is 0 Å². The largest absolute Gasteiger partial charge is 0.468 e. The second-order valence-electron chi connectivity index (χ2n) is 7.29. The highest BCUT2D eigenvalue weighted by Crippen LogP contribution is 2.36.